The normalized spacial score (nSPS) is 24.5. The summed E-state index contributed by atoms with van der Waals surface area (Å²) in [5.74, 6) is -0.0693. The second-order valence-electron chi connectivity index (χ2n) is 7.37. The monoisotopic (exact) mass is 358 g/mol. The smallest absolute Gasteiger partial charge is 0.253 e. The molecule has 6 heteroatoms. The largest absolute Gasteiger partial charge is 0.392 e. The molecule has 1 aliphatic heterocycles. The number of hydrogen-bond donors (Lipinski definition) is 2. The molecule has 0 radical (unpaired) electrons. The minimum Gasteiger partial charge on any atom is -0.392 e. The summed E-state index contributed by atoms with van der Waals surface area (Å²) in [6.07, 6.45) is 3.78. The van der Waals surface area contributed by atoms with Crippen LogP contribution in [0.5, 0.6) is 0 Å². The van der Waals surface area contributed by atoms with Gasteiger partial charge in [0.1, 0.15) is 0 Å². The van der Waals surface area contributed by atoms with E-state index < -0.39 is 0 Å². The number of carbonyl (C=O) groups excluding carboxylic acids is 1. The van der Waals surface area contributed by atoms with Crippen LogP contribution in [0.3, 0.4) is 0 Å². The molecule has 1 saturated carbocycles. The summed E-state index contributed by atoms with van der Waals surface area (Å²) in [5.41, 5.74) is 1.49. The maximum Gasteiger partial charge on any atom is 0.253 e. The van der Waals surface area contributed by atoms with Crippen LogP contribution in [0.25, 0.3) is 10.9 Å². The third kappa shape index (κ3) is 2.82. The average Bonchev–Trinajstić information content (AvgIpc) is 3.05. The molecule has 2 N–H and O–H groups in total. The molecule has 6 nitrogen and oxygen atoms in total. The Balaban J connectivity index is 1.57. The predicted octanol–water partition coefficient (Wildman–Crippen LogP) is 1.95. The van der Waals surface area contributed by atoms with Gasteiger partial charge in [0.05, 0.1) is 18.3 Å². The first-order valence-corrected chi connectivity index (χ1v) is 9.29. The van der Waals surface area contributed by atoms with Gasteiger partial charge in [-0.15, -0.1) is 0 Å². The highest BCUT2D eigenvalue weighted by atomic mass is 16.5. The maximum absolute atomic E-state index is 13.0. The number of aliphatic hydroxyl groups excluding tert-OH is 1. The molecule has 2 atom stereocenters. The van der Waals surface area contributed by atoms with Crippen molar-refractivity contribution in [2.75, 3.05) is 26.9 Å². The molecule has 1 aromatic carbocycles. The molecule has 1 spiro atoms. The van der Waals surface area contributed by atoms with Gasteiger partial charge in [-0.25, -0.2) is 0 Å². The van der Waals surface area contributed by atoms with E-state index in [1.54, 1.807) is 7.11 Å². The number of hydrogen-bond acceptors (Lipinski definition) is 4. The SMILES string of the molecule is COCCn1cc(C(=O)N[C@@H]2C[C@@H](O)C23CCOCC3)c2ccccc21. The van der Waals surface area contributed by atoms with Crippen LogP contribution in [-0.4, -0.2) is 54.7 Å². The number of carbonyl (C=O) groups is 1. The van der Waals surface area contributed by atoms with E-state index in [0.717, 1.165) is 23.7 Å². The topological polar surface area (TPSA) is 72.7 Å². The number of rotatable bonds is 5. The molecular formula is C20H26N2O4. The fraction of sp³-hybridized carbons (Fsp3) is 0.550. The third-order valence-corrected chi connectivity index (χ3v) is 6.12. The van der Waals surface area contributed by atoms with Gasteiger partial charge in [-0.05, 0) is 25.3 Å². The molecule has 140 valence electrons. The quantitative estimate of drug-likeness (QED) is 0.857. The number of nitrogens with zero attached hydrogens (tertiary/aromatic N) is 1. The zero-order chi connectivity index (χ0) is 18.1. The summed E-state index contributed by atoms with van der Waals surface area (Å²) in [6.45, 7) is 2.60. The van der Waals surface area contributed by atoms with E-state index in [4.69, 9.17) is 9.47 Å². The third-order valence-electron chi connectivity index (χ3n) is 6.12. The summed E-state index contributed by atoms with van der Waals surface area (Å²) < 4.78 is 12.7. The van der Waals surface area contributed by atoms with Gasteiger partial charge in [0, 0.05) is 55.4 Å². The van der Waals surface area contributed by atoms with Crippen molar-refractivity contribution in [3.8, 4) is 0 Å². The average molecular weight is 358 g/mol. The fourth-order valence-corrected chi connectivity index (χ4v) is 4.44. The molecule has 2 heterocycles. The van der Waals surface area contributed by atoms with Gasteiger partial charge in [0.25, 0.3) is 5.91 Å². The number of nitrogens with one attached hydrogen (secondary N) is 1. The van der Waals surface area contributed by atoms with E-state index in [-0.39, 0.29) is 23.5 Å². The Kier molecular flexibility index (Phi) is 4.73. The van der Waals surface area contributed by atoms with Gasteiger partial charge in [0.15, 0.2) is 0 Å². The van der Waals surface area contributed by atoms with Crippen LogP contribution < -0.4 is 5.32 Å². The summed E-state index contributed by atoms with van der Waals surface area (Å²) in [6, 6.07) is 7.94. The summed E-state index contributed by atoms with van der Waals surface area (Å²) in [7, 11) is 1.68. The molecule has 1 saturated heterocycles. The van der Waals surface area contributed by atoms with Crippen molar-refractivity contribution < 1.29 is 19.4 Å². The maximum atomic E-state index is 13.0. The number of ether oxygens (including phenoxy) is 2. The minimum absolute atomic E-state index is 0.00925. The van der Waals surface area contributed by atoms with Crippen LogP contribution in [0, 0.1) is 5.41 Å². The van der Waals surface area contributed by atoms with E-state index >= 15 is 0 Å². The minimum atomic E-state index is -0.347. The lowest BCUT2D eigenvalue weighted by atomic mass is 9.58. The molecule has 0 unspecified atom stereocenters. The number of fused-ring (bicyclic) bond motifs is 1. The Hall–Kier alpha value is -1.89. The number of benzene rings is 1. The van der Waals surface area contributed by atoms with Crippen molar-refractivity contribution in [2.45, 2.75) is 38.0 Å². The van der Waals surface area contributed by atoms with Crippen molar-refractivity contribution in [1.82, 2.24) is 9.88 Å². The Morgan fingerprint density at radius 2 is 2.15 bits per heavy atom. The molecule has 26 heavy (non-hydrogen) atoms. The lowest BCUT2D eigenvalue weighted by molar-refractivity contribution is -0.145. The number of aromatic nitrogens is 1. The molecule has 0 bridgehead atoms. The number of para-hydroxylation sites is 1. The predicted molar refractivity (Wildman–Crippen MR) is 98.2 cm³/mol. The standard InChI is InChI=1S/C20H26N2O4/c1-25-11-8-22-13-15(14-4-2-3-5-16(14)22)19(24)21-17-12-18(23)20(17)6-9-26-10-7-20/h2-5,13,17-18,23H,6-12H2,1H3,(H,21,24)/t17-,18-/m1/s1. The van der Waals surface area contributed by atoms with E-state index in [9.17, 15) is 9.90 Å². The van der Waals surface area contributed by atoms with Crippen molar-refractivity contribution in [2.24, 2.45) is 5.41 Å². The molecule has 2 aromatic rings. The van der Waals surface area contributed by atoms with Gasteiger partial charge in [0.2, 0.25) is 0 Å². The van der Waals surface area contributed by atoms with Crippen LogP contribution in [0.1, 0.15) is 29.6 Å². The number of aliphatic hydroxyl groups is 1. The zero-order valence-electron chi connectivity index (χ0n) is 15.1. The molecule has 1 amide bonds. The first kappa shape index (κ1) is 17.5. The lowest BCUT2D eigenvalue weighted by Gasteiger charge is -2.55. The Labute approximate surface area is 153 Å². The molecule has 2 aliphatic rings. The van der Waals surface area contributed by atoms with Gasteiger partial charge in [-0.3, -0.25) is 4.79 Å². The molecule has 2 fully saturated rings. The van der Waals surface area contributed by atoms with Crippen molar-refractivity contribution >= 4 is 16.8 Å². The van der Waals surface area contributed by atoms with Gasteiger partial charge in [-0.1, -0.05) is 18.2 Å². The summed E-state index contributed by atoms with van der Waals surface area (Å²) in [5, 5.41) is 14.5. The Morgan fingerprint density at radius 1 is 1.38 bits per heavy atom. The van der Waals surface area contributed by atoms with Gasteiger partial charge < -0.3 is 24.5 Å². The van der Waals surface area contributed by atoms with Crippen molar-refractivity contribution in [3.05, 3.63) is 36.0 Å². The van der Waals surface area contributed by atoms with Crippen LogP contribution in [-0.2, 0) is 16.0 Å². The number of amides is 1. The lowest BCUT2D eigenvalue weighted by Crippen LogP contribution is -2.65. The van der Waals surface area contributed by atoms with Gasteiger partial charge >= 0.3 is 0 Å². The van der Waals surface area contributed by atoms with E-state index in [2.05, 4.69) is 9.88 Å². The van der Waals surface area contributed by atoms with Crippen LogP contribution in [0.15, 0.2) is 30.5 Å². The fourth-order valence-electron chi connectivity index (χ4n) is 4.44. The van der Waals surface area contributed by atoms with Crippen molar-refractivity contribution in [3.63, 3.8) is 0 Å². The zero-order valence-corrected chi connectivity index (χ0v) is 15.1. The second-order valence-corrected chi connectivity index (χ2v) is 7.37. The van der Waals surface area contributed by atoms with Crippen LogP contribution >= 0.6 is 0 Å². The first-order chi connectivity index (χ1) is 12.7. The van der Waals surface area contributed by atoms with Gasteiger partial charge in [-0.2, -0.15) is 0 Å². The molecular weight excluding hydrogens is 332 g/mol. The van der Waals surface area contributed by atoms with E-state index in [1.165, 1.54) is 0 Å². The van der Waals surface area contributed by atoms with Crippen molar-refractivity contribution in [1.29, 1.82) is 0 Å². The van der Waals surface area contributed by atoms with Crippen LogP contribution in [0.2, 0.25) is 0 Å². The second kappa shape index (κ2) is 7.02. The molecule has 1 aromatic heterocycles. The molecule has 4 rings (SSSR count). The Morgan fingerprint density at radius 3 is 2.88 bits per heavy atom. The Bertz CT molecular complexity index is 794. The number of methoxy groups -OCH3 is 1. The highest BCUT2D eigenvalue weighted by Crippen LogP contribution is 2.49. The first-order valence-electron chi connectivity index (χ1n) is 9.29. The highest BCUT2D eigenvalue weighted by molar-refractivity contribution is 6.07. The highest BCUT2D eigenvalue weighted by Gasteiger charge is 2.55. The van der Waals surface area contributed by atoms with E-state index in [1.807, 2.05) is 30.5 Å². The summed E-state index contributed by atoms with van der Waals surface area (Å²) >= 11 is 0. The van der Waals surface area contributed by atoms with Crippen LogP contribution in [0.4, 0.5) is 0 Å². The summed E-state index contributed by atoms with van der Waals surface area (Å²) in [4.78, 5) is 13.0. The van der Waals surface area contributed by atoms with E-state index in [0.29, 0.717) is 38.3 Å². The molecule has 1 aliphatic carbocycles.